The molecule has 2 rings (SSSR count). The molecule has 1 N–H and O–H groups in total. The Morgan fingerprint density at radius 3 is 2.53 bits per heavy atom. The van der Waals surface area contributed by atoms with Crippen LogP contribution >= 0.6 is 0 Å². The van der Waals surface area contributed by atoms with Gasteiger partial charge in [-0.2, -0.15) is 0 Å². The molecule has 2 nitrogen and oxygen atoms in total. The Labute approximate surface area is 90.7 Å². The lowest BCUT2D eigenvalue weighted by atomic mass is 10.1. The highest BCUT2D eigenvalue weighted by molar-refractivity contribution is 5.94. The molecule has 1 fully saturated rings. The van der Waals surface area contributed by atoms with Crippen molar-refractivity contribution in [2.45, 2.75) is 32.1 Å². The molecular formula is C13H17NO. The number of carbonyl (C=O) groups excluding carboxylic acids is 1. The van der Waals surface area contributed by atoms with Crippen LogP contribution in [0.3, 0.4) is 0 Å². The molecule has 0 bridgehead atoms. The van der Waals surface area contributed by atoms with Crippen molar-refractivity contribution < 1.29 is 4.79 Å². The van der Waals surface area contributed by atoms with Crippen molar-refractivity contribution in [3.8, 4) is 0 Å². The zero-order chi connectivity index (χ0) is 10.7. The van der Waals surface area contributed by atoms with Gasteiger partial charge in [0.1, 0.15) is 0 Å². The zero-order valence-electron chi connectivity index (χ0n) is 9.12. The summed E-state index contributed by atoms with van der Waals surface area (Å²) in [6.45, 7) is 2.81. The molecule has 15 heavy (non-hydrogen) atoms. The molecule has 2 heteroatoms. The predicted molar refractivity (Wildman–Crippen MR) is 61.0 cm³/mol. The number of benzene rings is 1. The van der Waals surface area contributed by atoms with E-state index < -0.39 is 0 Å². The molecule has 0 unspecified atom stereocenters. The summed E-state index contributed by atoms with van der Waals surface area (Å²) >= 11 is 0. The number of hydrogen-bond acceptors (Lipinski definition) is 1. The van der Waals surface area contributed by atoms with Gasteiger partial charge in [-0.3, -0.25) is 4.79 Å². The molecule has 1 aliphatic rings. The number of nitrogens with one attached hydrogen (secondary N) is 1. The summed E-state index contributed by atoms with van der Waals surface area (Å²) in [5.74, 6) is 0.803. The van der Waals surface area contributed by atoms with Crippen molar-refractivity contribution in [1.29, 1.82) is 0 Å². The summed E-state index contributed by atoms with van der Waals surface area (Å²) < 4.78 is 0. The molecule has 0 atom stereocenters. The Hall–Kier alpha value is -1.31. The first-order valence-corrected chi connectivity index (χ1v) is 5.69. The van der Waals surface area contributed by atoms with E-state index >= 15 is 0 Å². The van der Waals surface area contributed by atoms with Crippen molar-refractivity contribution in [3.63, 3.8) is 0 Å². The van der Waals surface area contributed by atoms with Gasteiger partial charge in [0.15, 0.2) is 0 Å². The number of amides is 1. The van der Waals surface area contributed by atoms with E-state index in [2.05, 4.69) is 24.4 Å². The normalized spacial score (nSPS) is 15.0. The highest BCUT2D eigenvalue weighted by Crippen LogP contribution is 2.39. The second-order valence-electron chi connectivity index (χ2n) is 4.15. The van der Waals surface area contributed by atoms with Crippen LogP contribution in [0.1, 0.15) is 48.0 Å². The van der Waals surface area contributed by atoms with Crippen LogP contribution in [0.15, 0.2) is 24.3 Å². The minimum atomic E-state index is 0.0409. The van der Waals surface area contributed by atoms with Crippen LogP contribution in [0.5, 0.6) is 0 Å². The van der Waals surface area contributed by atoms with Gasteiger partial charge in [0, 0.05) is 12.1 Å². The molecule has 1 aromatic rings. The van der Waals surface area contributed by atoms with Gasteiger partial charge < -0.3 is 5.32 Å². The Bertz CT molecular complexity index is 338. The first-order chi connectivity index (χ1) is 7.31. The molecule has 0 saturated heterocycles. The fourth-order valence-electron chi connectivity index (χ4n) is 1.66. The van der Waals surface area contributed by atoms with Gasteiger partial charge in [-0.25, -0.2) is 0 Å². The summed E-state index contributed by atoms with van der Waals surface area (Å²) in [6, 6.07) is 8.02. The van der Waals surface area contributed by atoms with Crippen LogP contribution in [0, 0.1) is 0 Å². The van der Waals surface area contributed by atoms with Gasteiger partial charge in [0.25, 0.3) is 5.91 Å². The maximum Gasteiger partial charge on any atom is 0.251 e. The second kappa shape index (κ2) is 4.47. The van der Waals surface area contributed by atoms with Gasteiger partial charge >= 0.3 is 0 Å². The average Bonchev–Trinajstić information content (AvgIpc) is 3.10. The van der Waals surface area contributed by atoms with E-state index in [-0.39, 0.29) is 5.91 Å². The van der Waals surface area contributed by atoms with Crippen LogP contribution < -0.4 is 5.32 Å². The van der Waals surface area contributed by atoms with Gasteiger partial charge in [0.05, 0.1) is 0 Å². The molecule has 80 valence electrons. The van der Waals surface area contributed by atoms with Crippen molar-refractivity contribution in [2.75, 3.05) is 6.54 Å². The molecule has 1 aliphatic carbocycles. The van der Waals surface area contributed by atoms with Crippen LogP contribution in [0.2, 0.25) is 0 Å². The van der Waals surface area contributed by atoms with Crippen molar-refractivity contribution in [1.82, 2.24) is 5.32 Å². The molecule has 0 radical (unpaired) electrons. The second-order valence-corrected chi connectivity index (χ2v) is 4.15. The van der Waals surface area contributed by atoms with E-state index in [9.17, 15) is 4.79 Å². The summed E-state index contributed by atoms with van der Waals surface area (Å²) in [7, 11) is 0. The lowest BCUT2D eigenvalue weighted by Gasteiger charge is -2.04. The minimum absolute atomic E-state index is 0.0409. The molecule has 1 amide bonds. The van der Waals surface area contributed by atoms with Crippen LogP contribution in [0.25, 0.3) is 0 Å². The van der Waals surface area contributed by atoms with Gasteiger partial charge in [-0.1, -0.05) is 19.1 Å². The van der Waals surface area contributed by atoms with Gasteiger partial charge in [0.2, 0.25) is 0 Å². The van der Waals surface area contributed by atoms with Crippen LogP contribution in [-0.4, -0.2) is 12.5 Å². The van der Waals surface area contributed by atoms with E-state index in [1.54, 1.807) is 0 Å². The maximum atomic E-state index is 11.6. The lowest BCUT2D eigenvalue weighted by molar-refractivity contribution is 0.0953. The molecule has 0 aliphatic heterocycles. The molecule has 0 spiro atoms. The summed E-state index contributed by atoms with van der Waals surface area (Å²) in [5, 5.41) is 2.87. The predicted octanol–water partition coefficient (Wildman–Crippen LogP) is 2.70. The smallest absolute Gasteiger partial charge is 0.251 e. The zero-order valence-corrected chi connectivity index (χ0v) is 9.12. The number of hydrogen-bond donors (Lipinski definition) is 1. The third-order valence-electron chi connectivity index (χ3n) is 2.76. The monoisotopic (exact) mass is 203 g/mol. The SMILES string of the molecule is CCCNC(=O)c1ccc(C2CC2)cc1. The minimum Gasteiger partial charge on any atom is -0.352 e. The molecule has 0 aromatic heterocycles. The maximum absolute atomic E-state index is 11.6. The Morgan fingerprint density at radius 2 is 2.00 bits per heavy atom. The fraction of sp³-hybridized carbons (Fsp3) is 0.462. The first kappa shape index (κ1) is 10.2. The standard InChI is InChI=1S/C13H17NO/c1-2-9-14-13(15)12-7-5-11(6-8-12)10-3-4-10/h5-8,10H,2-4,9H2,1H3,(H,14,15). The van der Waals surface area contributed by atoms with Crippen LogP contribution in [-0.2, 0) is 0 Å². The van der Waals surface area contributed by atoms with Crippen molar-refractivity contribution >= 4 is 5.91 Å². The van der Waals surface area contributed by atoms with E-state index in [0.29, 0.717) is 0 Å². The van der Waals surface area contributed by atoms with Crippen molar-refractivity contribution in [3.05, 3.63) is 35.4 Å². The number of carbonyl (C=O) groups is 1. The highest BCUT2D eigenvalue weighted by Gasteiger charge is 2.23. The Kier molecular flexibility index (Phi) is 3.05. The van der Waals surface area contributed by atoms with Crippen molar-refractivity contribution in [2.24, 2.45) is 0 Å². The van der Waals surface area contributed by atoms with E-state index in [1.165, 1.54) is 18.4 Å². The molecule has 1 aromatic carbocycles. The first-order valence-electron chi connectivity index (χ1n) is 5.69. The molecule has 0 heterocycles. The topological polar surface area (TPSA) is 29.1 Å². The average molecular weight is 203 g/mol. The van der Waals surface area contributed by atoms with E-state index in [1.807, 2.05) is 12.1 Å². The lowest BCUT2D eigenvalue weighted by Crippen LogP contribution is -2.23. The third kappa shape index (κ3) is 2.58. The van der Waals surface area contributed by atoms with Gasteiger partial charge in [-0.05, 0) is 42.9 Å². The van der Waals surface area contributed by atoms with E-state index in [0.717, 1.165) is 24.4 Å². The largest absolute Gasteiger partial charge is 0.352 e. The molecule has 1 saturated carbocycles. The van der Waals surface area contributed by atoms with E-state index in [4.69, 9.17) is 0 Å². The Morgan fingerprint density at radius 1 is 1.33 bits per heavy atom. The quantitative estimate of drug-likeness (QED) is 0.801. The summed E-state index contributed by atoms with van der Waals surface area (Å²) in [5.41, 5.74) is 2.15. The van der Waals surface area contributed by atoms with Gasteiger partial charge in [-0.15, -0.1) is 0 Å². The fourth-order valence-corrected chi connectivity index (χ4v) is 1.66. The third-order valence-corrected chi connectivity index (χ3v) is 2.76. The molecular weight excluding hydrogens is 186 g/mol. The Balaban J connectivity index is 1.99. The highest BCUT2D eigenvalue weighted by atomic mass is 16.1. The number of rotatable bonds is 4. The van der Waals surface area contributed by atoms with Crippen LogP contribution in [0.4, 0.5) is 0 Å². The summed E-state index contributed by atoms with van der Waals surface area (Å²) in [4.78, 5) is 11.6. The summed E-state index contributed by atoms with van der Waals surface area (Å²) in [6.07, 6.45) is 3.59.